The van der Waals surface area contributed by atoms with E-state index in [2.05, 4.69) is 0 Å². The summed E-state index contributed by atoms with van der Waals surface area (Å²) in [5.41, 5.74) is 0. The largest absolute Gasteiger partial charge is 0.465 e. The maximum Gasteiger partial charge on any atom is 0.324 e. The van der Waals surface area contributed by atoms with E-state index in [1.165, 1.54) is 0 Å². The molecule has 1 aliphatic heterocycles. The van der Waals surface area contributed by atoms with E-state index in [1.807, 2.05) is 18.9 Å². The smallest absolute Gasteiger partial charge is 0.324 e. The Morgan fingerprint density at radius 2 is 2.44 bits per heavy atom. The summed E-state index contributed by atoms with van der Waals surface area (Å²) in [5.74, 6) is -0.0833. The molecular weight excluding hydrogens is 118 g/mol. The third-order valence-electron chi connectivity index (χ3n) is 1.42. The summed E-state index contributed by atoms with van der Waals surface area (Å²) in [6.07, 6.45) is 0. The molecule has 0 saturated carbocycles. The summed E-state index contributed by atoms with van der Waals surface area (Å²) < 4.78 is 4.76. The highest BCUT2D eigenvalue weighted by Crippen LogP contribution is 2.14. The van der Waals surface area contributed by atoms with Crippen LogP contribution in [0.5, 0.6) is 0 Å². The van der Waals surface area contributed by atoms with Gasteiger partial charge >= 0.3 is 5.97 Å². The Morgan fingerprint density at radius 3 is 2.78 bits per heavy atom. The zero-order chi connectivity index (χ0) is 6.85. The lowest BCUT2D eigenvalue weighted by molar-refractivity contribution is -0.143. The van der Waals surface area contributed by atoms with Gasteiger partial charge in [-0.1, -0.05) is 0 Å². The molecule has 0 bridgehead atoms. The second kappa shape index (κ2) is 2.35. The molecule has 0 aliphatic carbocycles. The average molecular weight is 129 g/mol. The van der Waals surface area contributed by atoms with Gasteiger partial charge in [0, 0.05) is 6.54 Å². The van der Waals surface area contributed by atoms with Crippen molar-refractivity contribution in [3.8, 4) is 0 Å². The Bertz CT molecular complexity index is 124. The topological polar surface area (TPSA) is 29.3 Å². The van der Waals surface area contributed by atoms with Crippen LogP contribution in [0.3, 0.4) is 0 Å². The Balaban J connectivity index is 2.20. The lowest BCUT2D eigenvalue weighted by Crippen LogP contribution is -2.14. The summed E-state index contributed by atoms with van der Waals surface area (Å²) in [4.78, 5) is 12.7. The van der Waals surface area contributed by atoms with Crippen molar-refractivity contribution in [2.75, 3.05) is 20.2 Å². The number of likely N-dealkylation sites (N-methyl/N-ethyl adjacent to an activating group) is 1. The van der Waals surface area contributed by atoms with Crippen LogP contribution in [0.4, 0.5) is 0 Å². The summed E-state index contributed by atoms with van der Waals surface area (Å²) in [6, 6.07) is 0.0601. The zero-order valence-electron chi connectivity index (χ0n) is 5.76. The van der Waals surface area contributed by atoms with Crippen molar-refractivity contribution < 1.29 is 9.53 Å². The van der Waals surface area contributed by atoms with Gasteiger partial charge < -0.3 is 4.74 Å². The van der Waals surface area contributed by atoms with E-state index in [0.717, 1.165) is 6.54 Å². The summed E-state index contributed by atoms with van der Waals surface area (Å²) >= 11 is 0. The molecule has 9 heavy (non-hydrogen) atoms. The highest BCUT2D eigenvalue weighted by molar-refractivity contribution is 5.78. The normalized spacial score (nSPS) is 31.8. The molecular formula is C6H11NO2. The molecule has 0 N–H and O–H groups in total. The number of ether oxygens (including phenoxy) is 1. The third-order valence-corrected chi connectivity index (χ3v) is 1.42. The number of esters is 1. The first-order valence-corrected chi connectivity index (χ1v) is 3.12. The van der Waals surface area contributed by atoms with E-state index in [0.29, 0.717) is 6.61 Å². The van der Waals surface area contributed by atoms with Gasteiger partial charge in [-0.2, -0.15) is 0 Å². The fourth-order valence-electron chi connectivity index (χ4n) is 0.719. The zero-order valence-corrected chi connectivity index (χ0v) is 5.76. The molecule has 0 aromatic rings. The van der Waals surface area contributed by atoms with Gasteiger partial charge in [0.1, 0.15) is 6.04 Å². The number of hydrogen-bond donors (Lipinski definition) is 0. The van der Waals surface area contributed by atoms with Crippen LogP contribution < -0.4 is 0 Å². The molecule has 0 spiro atoms. The minimum absolute atomic E-state index is 0.0601. The van der Waals surface area contributed by atoms with E-state index in [1.54, 1.807) is 0 Å². The summed E-state index contributed by atoms with van der Waals surface area (Å²) in [5, 5.41) is 0. The lowest BCUT2D eigenvalue weighted by Gasteiger charge is -1.97. The van der Waals surface area contributed by atoms with Gasteiger partial charge in [-0.3, -0.25) is 9.69 Å². The van der Waals surface area contributed by atoms with Crippen molar-refractivity contribution in [2.45, 2.75) is 13.0 Å². The molecule has 0 aromatic carbocycles. The minimum atomic E-state index is -0.0833. The van der Waals surface area contributed by atoms with Gasteiger partial charge in [-0.05, 0) is 14.0 Å². The molecule has 0 radical (unpaired) electrons. The van der Waals surface area contributed by atoms with Gasteiger partial charge in [0.25, 0.3) is 0 Å². The van der Waals surface area contributed by atoms with Crippen LogP contribution in [-0.4, -0.2) is 37.1 Å². The van der Waals surface area contributed by atoms with Gasteiger partial charge in [0.2, 0.25) is 0 Å². The Labute approximate surface area is 54.6 Å². The first-order valence-electron chi connectivity index (χ1n) is 3.12. The Hall–Kier alpha value is -0.570. The van der Waals surface area contributed by atoms with Gasteiger partial charge in [-0.25, -0.2) is 0 Å². The van der Waals surface area contributed by atoms with Gasteiger partial charge in [0.05, 0.1) is 6.61 Å². The lowest BCUT2D eigenvalue weighted by atomic mass is 10.5. The molecule has 1 aliphatic rings. The monoisotopic (exact) mass is 129 g/mol. The van der Waals surface area contributed by atoms with Crippen LogP contribution in [0.15, 0.2) is 0 Å². The molecule has 1 saturated heterocycles. The van der Waals surface area contributed by atoms with E-state index < -0.39 is 0 Å². The maximum atomic E-state index is 10.8. The number of carbonyl (C=O) groups excluding carboxylic acids is 1. The van der Waals surface area contributed by atoms with Crippen LogP contribution in [0.1, 0.15) is 6.92 Å². The third kappa shape index (κ3) is 1.42. The van der Waals surface area contributed by atoms with Crippen molar-refractivity contribution in [3.05, 3.63) is 0 Å². The molecule has 3 nitrogen and oxygen atoms in total. The fraction of sp³-hybridized carbons (Fsp3) is 0.833. The van der Waals surface area contributed by atoms with E-state index in [4.69, 9.17) is 4.74 Å². The van der Waals surface area contributed by atoms with Crippen molar-refractivity contribution in [1.82, 2.24) is 4.90 Å². The number of nitrogens with zero attached hydrogens (tertiary/aromatic N) is 1. The van der Waals surface area contributed by atoms with Gasteiger partial charge in [-0.15, -0.1) is 0 Å². The van der Waals surface area contributed by atoms with Crippen LogP contribution >= 0.6 is 0 Å². The highest BCUT2D eigenvalue weighted by Gasteiger charge is 2.37. The molecule has 1 fully saturated rings. The van der Waals surface area contributed by atoms with Crippen molar-refractivity contribution in [2.24, 2.45) is 0 Å². The van der Waals surface area contributed by atoms with Crippen LogP contribution in [0, 0.1) is 0 Å². The predicted molar refractivity (Wildman–Crippen MR) is 33.1 cm³/mol. The number of carbonyl (C=O) groups is 1. The SMILES string of the molecule is CCOC(=O)[C@H]1CN1C. The van der Waals surface area contributed by atoms with E-state index in [9.17, 15) is 4.79 Å². The fourth-order valence-corrected chi connectivity index (χ4v) is 0.719. The Kier molecular flexibility index (Phi) is 1.71. The molecule has 1 unspecified atom stereocenters. The van der Waals surface area contributed by atoms with E-state index in [-0.39, 0.29) is 12.0 Å². The second-order valence-electron chi connectivity index (χ2n) is 2.21. The summed E-state index contributed by atoms with van der Waals surface area (Å²) in [6.45, 7) is 3.17. The predicted octanol–water partition coefficient (Wildman–Crippen LogP) is -0.137. The molecule has 52 valence electrons. The molecule has 1 heterocycles. The molecule has 1 rings (SSSR count). The van der Waals surface area contributed by atoms with Crippen molar-refractivity contribution in [3.63, 3.8) is 0 Å². The first kappa shape index (κ1) is 6.55. The minimum Gasteiger partial charge on any atom is -0.465 e. The average Bonchev–Trinajstić information content (AvgIpc) is 2.47. The quantitative estimate of drug-likeness (QED) is 0.384. The molecule has 3 heteroatoms. The second-order valence-corrected chi connectivity index (χ2v) is 2.21. The number of rotatable bonds is 2. The molecule has 2 atom stereocenters. The first-order chi connectivity index (χ1) is 4.25. The standard InChI is InChI=1S/C6H11NO2/c1-3-9-6(8)5-4-7(5)2/h5H,3-4H2,1-2H3/t5-,7?/m1/s1. The van der Waals surface area contributed by atoms with Crippen molar-refractivity contribution in [1.29, 1.82) is 0 Å². The Morgan fingerprint density at radius 1 is 1.89 bits per heavy atom. The van der Waals surface area contributed by atoms with Crippen LogP contribution in [0.25, 0.3) is 0 Å². The van der Waals surface area contributed by atoms with Gasteiger partial charge in [0.15, 0.2) is 0 Å². The number of hydrogen-bond acceptors (Lipinski definition) is 3. The molecule has 0 amide bonds. The van der Waals surface area contributed by atoms with E-state index >= 15 is 0 Å². The highest BCUT2D eigenvalue weighted by atomic mass is 16.5. The van der Waals surface area contributed by atoms with Crippen LogP contribution in [-0.2, 0) is 9.53 Å². The summed E-state index contributed by atoms with van der Waals surface area (Å²) in [7, 11) is 1.90. The van der Waals surface area contributed by atoms with Crippen molar-refractivity contribution >= 4 is 5.97 Å². The maximum absolute atomic E-state index is 10.8. The molecule has 0 aromatic heterocycles. The van der Waals surface area contributed by atoms with Crippen LogP contribution in [0.2, 0.25) is 0 Å².